The van der Waals surface area contributed by atoms with E-state index in [1.54, 1.807) is 0 Å². The van der Waals surface area contributed by atoms with Crippen LogP contribution in [0.3, 0.4) is 0 Å². The molecule has 0 saturated heterocycles. The molecular weight excluding hydrogens is 519 g/mol. The van der Waals surface area contributed by atoms with E-state index in [4.69, 9.17) is 0 Å². The van der Waals surface area contributed by atoms with Gasteiger partial charge >= 0.3 is 0 Å². The Morgan fingerprint density at radius 3 is 1.00 bits per heavy atom. The van der Waals surface area contributed by atoms with Gasteiger partial charge in [-0.05, 0) is 0 Å². The number of halogens is 1. The molecule has 3 heteroatoms. The quantitative estimate of drug-likeness (QED) is 0.185. The van der Waals surface area contributed by atoms with Gasteiger partial charge in [0.15, 0.2) is 0 Å². The van der Waals surface area contributed by atoms with E-state index in [-0.39, 0.29) is 67.8 Å². The standard InChI is InChI=1S/C16H33.3CH3.Au.BrH.H3N/c1-3-5-7-9-11-13-15-16-14-12-10-8-6-4-2;;;;;;/h1,3-16H2,2H3;3*1H3;;1H;1H3/q4*-1;;;. The Hall–Kier alpha value is 1.18. The second kappa shape index (κ2) is 43.2. The van der Waals surface area contributed by atoms with Crippen molar-refractivity contribution < 1.29 is 39.4 Å². The van der Waals surface area contributed by atoms with E-state index in [0.717, 1.165) is 6.42 Å². The van der Waals surface area contributed by atoms with Crippen molar-refractivity contribution in [2.24, 2.45) is 0 Å². The maximum absolute atomic E-state index is 3.87. The third-order valence-electron chi connectivity index (χ3n) is 3.35. The summed E-state index contributed by atoms with van der Waals surface area (Å²) in [5, 5.41) is 0. The Morgan fingerprint density at radius 2 is 0.773 bits per heavy atom. The van der Waals surface area contributed by atoms with Gasteiger partial charge in [-0.15, -0.1) is 0 Å². The molecule has 0 fully saturated rings. The molecular formula is C19H46AuBrN-4. The SMILES string of the molecule is [Au].[Br-].[CH2-]CCCCCCCCCCCCCCC.[CH3-].[CH3-].[CH3-].[NH4+]. The molecule has 0 saturated carbocycles. The Bertz CT molecular complexity index is 110. The molecule has 0 atom stereocenters. The smallest absolute Gasteiger partial charge is 0 e. The number of hydrogen-bond donors (Lipinski definition) is 1. The van der Waals surface area contributed by atoms with Gasteiger partial charge < -0.3 is 52.3 Å². The van der Waals surface area contributed by atoms with E-state index in [1.807, 2.05) is 0 Å². The van der Waals surface area contributed by atoms with Crippen LogP contribution >= 0.6 is 0 Å². The van der Waals surface area contributed by atoms with Crippen molar-refractivity contribution in [2.75, 3.05) is 0 Å². The van der Waals surface area contributed by atoms with Crippen LogP contribution < -0.4 is 23.1 Å². The molecule has 0 amide bonds. The largest absolute Gasteiger partial charge is 1.00 e. The third-order valence-corrected chi connectivity index (χ3v) is 3.35. The van der Waals surface area contributed by atoms with Crippen molar-refractivity contribution in [1.29, 1.82) is 0 Å². The minimum absolute atomic E-state index is 0. The molecule has 0 aliphatic heterocycles. The van der Waals surface area contributed by atoms with E-state index in [0.29, 0.717) is 0 Å². The summed E-state index contributed by atoms with van der Waals surface area (Å²) in [5.74, 6) is 0. The van der Waals surface area contributed by atoms with Crippen LogP contribution in [0.5, 0.6) is 0 Å². The van der Waals surface area contributed by atoms with E-state index in [1.165, 1.54) is 83.5 Å². The van der Waals surface area contributed by atoms with Gasteiger partial charge in [0.05, 0.1) is 0 Å². The average Bonchev–Trinajstić information content (AvgIpc) is 2.31. The van der Waals surface area contributed by atoms with E-state index < -0.39 is 0 Å². The first-order valence-electron chi connectivity index (χ1n) is 7.71. The molecule has 0 unspecified atom stereocenters. The minimum atomic E-state index is 0. The molecule has 0 aromatic heterocycles. The Labute approximate surface area is 171 Å². The van der Waals surface area contributed by atoms with E-state index >= 15 is 0 Å². The van der Waals surface area contributed by atoms with Gasteiger partial charge in [-0.2, -0.15) is 6.42 Å². The second-order valence-electron chi connectivity index (χ2n) is 5.10. The van der Waals surface area contributed by atoms with Crippen molar-refractivity contribution in [1.82, 2.24) is 6.15 Å². The number of quaternary nitrogens is 1. The first-order valence-corrected chi connectivity index (χ1v) is 7.71. The van der Waals surface area contributed by atoms with E-state index in [2.05, 4.69) is 13.8 Å². The second-order valence-corrected chi connectivity index (χ2v) is 5.10. The van der Waals surface area contributed by atoms with Crippen molar-refractivity contribution in [3.63, 3.8) is 0 Å². The fourth-order valence-corrected chi connectivity index (χ4v) is 2.19. The zero-order valence-electron chi connectivity index (χ0n) is 16.3. The molecule has 0 aromatic carbocycles. The first kappa shape index (κ1) is 43.6. The molecule has 4 N–H and O–H groups in total. The van der Waals surface area contributed by atoms with Gasteiger partial charge in [-0.1, -0.05) is 90.4 Å². The Kier molecular flexibility index (Phi) is 85.5. The number of hydrogen-bond acceptors (Lipinski definition) is 0. The summed E-state index contributed by atoms with van der Waals surface area (Å²) in [7, 11) is 0. The van der Waals surface area contributed by atoms with Gasteiger partial charge in [-0.25, -0.2) is 0 Å². The van der Waals surface area contributed by atoms with Crippen LogP contribution in [-0.2, 0) is 22.4 Å². The fraction of sp³-hybridized carbons (Fsp3) is 0.789. The molecule has 0 aliphatic carbocycles. The van der Waals surface area contributed by atoms with Gasteiger partial charge in [0.2, 0.25) is 0 Å². The van der Waals surface area contributed by atoms with Crippen LogP contribution in [0.4, 0.5) is 0 Å². The number of unbranched alkanes of at least 4 members (excludes halogenated alkanes) is 13. The van der Waals surface area contributed by atoms with Gasteiger partial charge in [0, 0.05) is 22.4 Å². The molecule has 0 aromatic rings. The van der Waals surface area contributed by atoms with Crippen molar-refractivity contribution in [3.05, 3.63) is 29.2 Å². The molecule has 149 valence electrons. The summed E-state index contributed by atoms with van der Waals surface area (Å²) in [6, 6.07) is 0. The molecule has 0 rings (SSSR count). The maximum Gasteiger partial charge on any atom is 0 e. The number of rotatable bonds is 13. The van der Waals surface area contributed by atoms with Gasteiger partial charge in [0.1, 0.15) is 0 Å². The molecule has 0 bridgehead atoms. The molecule has 1 nitrogen and oxygen atoms in total. The fourth-order valence-electron chi connectivity index (χ4n) is 2.19. The average molecular weight is 565 g/mol. The summed E-state index contributed by atoms with van der Waals surface area (Å²) < 4.78 is 0. The van der Waals surface area contributed by atoms with Crippen LogP contribution in [0.2, 0.25) is 0 Å². The van der Waals surface area contributed by atoms with Crippen molar-refractivity contribution in [2.45, 2.75) is 96.8 Å². The van der Waals surface area contributed by atoms with E-state index in [9.17, 15) is 0 Å². The zero-order chi connectivity index (χ0) is 11.9. The van der Waals surface area contributed by atoms with Gasteiger partial charge in [0.25, 0.3) is 0 Å². The Morgan fingerprint density at radius 1 is 0.545 bits per heavy atom. The Balaban J connectivity index is -0.0000000750. The molecule has 1 radical (unpaired) electrons. The van der Waals surface area contributed by atoms with Crippen LogP contribution in [0.1, 0.15) is 96.8 Å². The van der Waals surface area contributed by atoms with Crippen LogP contribution in [0.15, 0.2) is 0 Å². The monoisotopic (exact) mass is 564 g/mol. The third kappa shape index (κ3) is 42.9. The zero-order valence-corrected chi connectivity index (χ0v) is 20.0. The van der Waals surface area contributed by atoms with Crippen molar-refractivity contribution in [3.8, 4) is 0 Å². The molecule has 0 heterocycles. The predicted octanol–water partition coefficient (Wildman–Crippen LogP) is 5.03. The summed E-state index contributed by atoms with van der Waals surface area (Å²) in [4.78, 5) is 0. The summed E-state index contributed by atoms with van der Waals surface area (Å²) >= 11 is 0. The van der Waals surface area contributed by atoms with Crippen LogP contribution in [0, 0.1) is 29.2 Å². The predicted molar refractivity (Wildman–Crippen MR) is 101 cm³/mol. The van der Waals surface area contributed by atoms with Gasteiger partial charge in [-0.3, -0.25) is 0 Å². The topological polar surface area (TPSA) is 36.5 Å². The normalized spacial score (nSPS) is 7.91. The molecule has 22 heavy (non-hydrogen) atoms. The van der Waals surface area contributed by atoms with Crippen LogP contribution in [-0.4, -0.2) is 0 Å². The summed E-state index contributed by atoms with van der Waals surface area (Å²) in [6.45, 7) is 6.16. The minimum Gasteiger partial charge on any atom is -1.00 e. The summed E-state index contributed by atoms with van der Waals surface area (Å²) in [6.07, 6.45) is 19.8. The van der Waals surface area contributed by atoms with Crippen LogP contribution in [0.25, 0.3) is 0 Å². The first-order chi connectivity index (χ1) is 7.91. The maximum atomic E-state index is 3.87. The van der Waals surface area contributed by atoms with Crippen molar-refractivity contribution >= 4 is 0 Å². The summed E-state index contributed by atoms with van der Waals surface area (Å²) in [5.41, 5.74) is 0. The molecule has 0 spiro atoms. The molecule has 0 aliphatic rings.